The minimum Gasteiger partial charge on any atom is -0.467 e. The van der Waals surface area contributed by atoms with Gasteiger partial charge in [-0.15, -0.1) is 0 Å². The van der Waals surface area contributed by atoms with E-state index < -0.39 is 0 Å². The number of rotatable bonds is 2. The number of allylic oxidation sites excluding steroid dienone is 1. The van der Waals surface area contributed by atoms with Crippen LogP contribution < -0.4 is 10.6 Å². The number of carbonyl (C=O) groups excluding carboxylic acids is 1. The first-order chi connectivity index (χ1) is 7.22. The Kier molecular flexibility index (Phi) is 2.49. The fraction of sp³-hybridized carbons (Fsp3) is 0.364. The molecule has 4 nitrogen and oxygen atoms in total. The molecule has 1 aliphatic rings. The first kappa shape index (κ1) is 9.83. The molecule has 1 aliphatic heterocycles. The van der Waals surface area contributed by atoms with Crippen LogP contribution in [0, 0.1) is 0 Å². The molecule has 2 N–H and O–H groups in total. The van der Waals surface area contributed by atoms with Crippen LogP contribution in [0.15, 0.2) is 34.1 Å². The van der Waals surface area contributed by atoms with Gasteiger partial charge in [0.1, 0.15) is 11.8 Å². The van der Waals surface area contributed by atoms with Crippen LogP contribution in [0.1, 0.15) is 32.1 Å². The van der Waals surface area contributed by atoms with Crippen molar-refractivity contribution in [3.05, 3.63) is 35.4 Å². The van der Waals surface area contributed by atoms with Gasteiger partial charge in [0.15, 0.2) is 0 Å². The first-order valence-corrected chi connectivity index (χ1v) is 5.03. The van der Waals surface area contributed by atoms with E-state index in [0.29, 0.717) is 0 Å². The van der Waals surface area contributed by atoms with Gasteiger partial charge in [-0.2, -0.15) is 0 Å². The molecule has 1 aromatic rings. The van der Waals surface area contributed by atoms with Crippen LogP contribution in [-0.2, 0) is 0 Å². The Morgan fingerprint density at radius 3 is 2.93 bits per heavy atom. The highest BCUT2D eigenvalue weighted by Crippen LogP contribution is 2.28. The fourth-order valence-electron chi connectivity index (χ4n) is 1.89. The van der Waals surface area contributed by atoms with Crippen LogP contribution >= 0.6 is 0 Å². The number of hydrogen-bond acceptors (Lipinski definition) is 2. The molecule has 0 fully saturated rings. The second kappa shape index (κ2) is 3.81. The molecule has 2 heterocycles. The van der Waals surface area contributed by atoms with Crippen molar-refractivity contribution in [2.45, 2.75) is 26.3 Å². The number of amides is 2. The zero-order chi connectivity index (χ0) is 10.8. The maximum Gasteiger partial charge on any atom is 0.319 e. The van der Waals surface area contributed by atoms with Crippen molar-refractivity contribution >= 4 is 6.03 Å². The van der Waals surface area contributed by atoms with Crippen LogP contribution in [0.3, 0.4) is 0 Å². The Hall–Kier alpha value is -1.71. The maximum absolute atomic E-state index is 11.3. The van der Waals surface area contributed by atoms with Crippen molar-refractivity contribution in [2.24, 2.45) is 0 Å². The average molecular weight is 206 g/mol. The summed E-state index contributed by atoms with van der Waals surface area (Å²) in [5, 5.41) is 5.61. The van der Waals surface area contributed by atoms with Crippen molar-refractivity contribution in [3.63, 3.8) is 0 Å². The average Bonchev–Trinajstić information content (AvgIpc) is 2.69. The Morgan fingerprint density at radius 2 is 2.33 bits per heavy atom. The molecular formula is C11H14N2O2. The largest absolute Gasteiger partial charge is 0.467 e. The lowest BCUT2D eigenvalue weighted by molar-refractivity contribution is 0.236. The zero-order valence-electron chi connectivity index (χ0n) is 8.83. The summed E-state index contributed by atoms with van der Waals surface area (Å²) in [6.45, 7) is 3.97. The summed E-state index contributed by atoms with van der Waals surface area (Å²) in [4.78, 5) is 11.3. The van der Waals surface area contributed by atoms with E-state index in [-0.39, 0.29) is 12.1 Å². The summed E-state index contributed by atoms with van der Waals surface area (Å²) in [6, 6.07) is 3.40. The highest BCUT2D eigenvalue weighted by molar-refractivity contribution is 5.78. The van der Waals surface area contributed by atoms with E-state index >= 15 is 0 Å². The lowest BCUT2D eigenvalue weighted by atomic mass is 9.98. The third kappa shape index (κ3) is 1.75. The number of furan rings is 1. The van der Waals surface area contributed by atoms with E-state index in [2.05, 4.69) is 17.6 Å². The molecular weight excluding hydrogens is 192 g/mol. The SMILES string of the molecule is CCC1=C(C)NC(=O)NC1c1ccco1. The summed E-state index contributed by atoms with van der Waals surface area (Å²) in [7, 11) is 0. The molecule has 0 radical (unpaired) electrons. The quantitative estimate of drug-likeness (QED) is 0.780. The van der Waals surface area contributed by atoms with Gasteiger partial charge in [-0.05, 0) is 31.1 Å². The van der Waals surface area contributed by atoms with E-state index in [0.717, 1.165) is 23.5 Å². The number of urea groups is 1. The number of hydrogen-bond donors (Lipinski definition) is 2. The van der Waals surface area contributed by atoms with Crippen LogP contribution in [0.25, 0.3) is 0 Å². The fourth-order valence-corrected chi connectivity index (χ4v) is 1.89. The molecule has 0 saturated heterocycles. The predicted octanol–water partition coefficient (Wildman–Crippen LogP) is 2.32. The third-order valence-corrected chi connectivity index (χ3v) is 2.62. The summed E-state index contributed by atoms with van der Waals surface area (Å²) >= 11 is 0. The van der Waals surface area contributed by atoms with Crippen molar-refractivity contribution in [2.75, 3.05) is 0 Å². The molecule has 0 spiro atoms. The molecule has 1 aromatic heterocycles. The molecule has 80 valence electrons. The van der Waals surface area contributed by atoms with Crippen LogP contribution in [0.4, 0.5) is 4.79 Å². The van der Waals surface area contributed by atoms with Gasteiger partial charge < -0.3 is 15.1 Å². The van der Waals surface area contributed by atoms with E-state index in [1.54, 1.807) is 6.26 Å². The number of carbonyl (C=O) groups is 1. The second-order valence-corrected chi connectivity index (χ2v) is 3.55. The third-order valence-electron chi connectivity index (χ3n) is 2.62. The van der Waals surface area contributed by atoms with E-state index in [4.69, 9.17) is 4.42 Å². The maximum atomic E-state index is 11.3. The Bertz CT molecular complexity index is 393. The molecule has 2 amide bonds. The zero-order valence-corrected chi connectivity index (χ0v) is 8.83. The van der Waals surface area contributed by atoms with Gasteiger partial charge in [0.2, 0.25) is 0 Å². The Morgan fingerprint density at radius 1 is 1.53 bits per heavy atom. The Labute approximate surface area is 88.3 Å². The van der Waals surface area contributed by atoms with Gasteiger partial charge in [0.25, 0.3) is 0 Å². The first-order valence-electron chi connectivity index (χ1n) is 5.03. The molecule has 0 bridgehead atoms. The monoisotopic (exact) mass is 206 g/mol. The van der Waals surface area contributed by atoms with Crippen molar-refractivity contribution in [1.82, 2.24) is 10.6 Å². The molecule has 2 rings (SSSR count). The predicted molar refractivity (Wildman–Crippen MR) is 56.1 cm³/mol. The molecule has 4 heteroatoms. The smallest absolute Gasteiger partial charge is 0.319 e. The van der Waals surface area contributed by atoms with Gasteiger partial charge in [-0.25, -0.2) is 4.79 Å². The molecule has 0 aliphatic carbocycles. The molecule has 15 heavy (non-hydrogen) atoms. The normalized spacial score (nSPS) is 21.2. The van der Waals surface area contributed by atoms with Gasteiger partial charge in [-0.1, -0.05) is 6.92 Å². The number of nitrogens with one attached hydrogen (secondary N) is 2. The summed E-state index contributed by atoms with van der Waals surface area (Å²) in [5.41, 5.74) is 2.08. The lowest BCUT2D eigenvalue weighted by Crippen LogP contribution is -2.43. The highest BCUT2D eigenvalue weighted by Gasteiger charge is 2.26. The van der Waals surface area contributed by atoms with Crippen molar-refractivity contribution < 1.29 is 9.21 Å². The van der Waals surface area contributed by atoms with E-state index in [1.165, 1.54) is 0 Å². The van der Waals surface area contributed by atoms with Gasteiger partial charge >= 0.3 is 6.03 Å². The van der Waals surface area contributed by atoms with E-state index in [1.807, 2.05) is 19.1 Å². The molecule has 0 aromatic carbocycles. The van der Waals surface area contributed by atoms with E-state index in [9.17, 15) is 4.79 Å². The highest BCUT2D eigenvalue weighted by atomic mass is 16.3. The molecule has 1 atom stereocenters. The van der Waals surface area contributed by atoms with Crippen LogP contribution in [-0.4, -0.2) is 6.03 Å². The summed E-state index contributed by atoms with van der Waals surface area (Å²) in [6.07, 6.45) is 2.50. The molecule has 0 saturated carbocycles. The standard InChI is InChI=1S/C11H14N2O2/c1-3-8-7(2)12-11(14)13-10(8)9-5-4-6-15-9/h4-6,10H,3H2,1-2H3,(H2,12,13,14). The molecule has 1 unspecified atom stereocenters. The van der Waals surface area contributed by atoms with Crippen molar-refractivity contribution in [3.8, 4) is 0 Å². The summed E-state index contributed by atoms with van der Waals surface area (Å²) in [5.74, 6) is 0.779. The topological polar surface area (TPSA) is 54.3 Å². The lowest BCUT2D eigenvalue weighted by Gasteiger charge is -2.27. The van der Waals surface area contributed by atoms with Crippen LogP contribution in [0.5, 0.6) is 0 Å². The van der Waals surface area contributed by atoms with Crippen molar-refractivity contribution in [1.29, 1.82) is 0 Å². The summed E-state index contributed by atoms with van der Waals surface area (Å²) < 4.78 is 5.33. The second-order valence-electron chi connectivity index (χ2n) is 3.55. The Balaban J connectivity index is 2.37. The van der Waals surface area contributed by atoms with Crippen LogP contribution in [0.2, 0.25) is 0 Å². The van der Waals surface area contributed by atoms with Gasteiger partial charge in [-0.3, -0.25) is 0 Å². The minimum absolute atomic E-state index is 0.126. The van der Waals surface area contributed by atoms with Gasteiger partial charge in [0, 0.05) is 5.70 Å². The minimum atomic E-state index is -0.175. The van der Waals surface area contributed by atoms with Gasteiger partial charge in [0.05, 0.1) is 6.26 Å².